The minimum absolute atomic E-state index is 0.182. The molecule has 0 spiro atoms. The highest BCUT2D eigenvalue weighted by atomic mass is 16.5. The lowest BCUT2D eigenvalue weighted by atomic mass is 10.2. The van der Waals surface area contributed by atoms with Crippen LogP contribution in [-0.4, -0.2) is 10.1 Å². The fourth-order valence-electron chi connectivity index (χ4n) is 1.35. The molecular formula is C11H15N3O2. The van der Waals surface area contributed by atoms with E-state index in [1.54, 1.807) is 0 Å². The zero-order valence-corrected chi connectivity index (χ0v) is 9.43. The highest BCUT2D eigenvalue weighted by Gasteiger charge is 2.15. The number of hydrogen-bond acceptors (Lipinski definition) is 5. The predicted molar refractivity (Wildman–Crippen MR) is 58.6 cm³/mol. The van der Waals surface area contributed by atoms with E-state index in [0.717, 1.165) is 18.6 Å². The summed E-state index contributed by atoms with van der Waals surface area (Å²) < 4.78 is 10.6. The van der Waals surface area contributed by atoms with Crippen molar-refractivity contribution in [2.75, 3.05) is 0 Å². The molecule has 2 aromatic heterocycles. The van der Waals surface area contributed by atoms with Crippen LogP contribution in [0, 0.1) is 0 Å². The molecule has 0 aromatic carbocycles. The van der Waals surface area contributed by atoms with E-state index in [1.807, 2.05) is 26.0 Å². The van der Waals surface area contributed by atoms with Crippen molar-refractivity contribution in [2.24, 2.45) is 5.73 Å². The van der Waals surface area contributed by atoms with Crippen molar-refractivity contribution >= 4 is 0 Å². The SMILES string of the molecule is CCc1ccc(-c2nc(C(N)CC)no2)o1. The first-order chi connectivity index (χ1) is 7.74. The van der Waals surface area contributed by atoms with Gasteiger partial charge in [0.05, 0.1) is 6.04 Å². The molecule has 5 heteroatoms. The Bertz CT molecular complexity index is 461. The Kier molecular flexibility index (Phi) is 3.05. The van der Waals surface area contributed by atoms with Crippen LogP contribution < -0.4 is 5.73 Å². The summed E-state index contributed by atoms with van der Waals surface area (Å²) in [6.07, 6.45) is 1.62. The molecule has 2 aromatic rings. The van der Waals surface area contributed by atoms with Gasteiger partial charge in [-0.25, -0.2) is 0 Å². The average Bonchev–Trinajstić information content (AvgIpc) is 2.95. The first kappa shape index (κ1) is 10.9. The molecule has 0 saturated heterocycles. The van der Waals surface area contributed by atoms with Crippen LogP contribution >= 0.6 is 0 Å². The molecule has 2 heterocycles. The van der Waals surface area contributed by atoms with Gasteiger partial charge in [-0.2, -0.15) is 4.98 Å². The van der Waals surface area contributed by atoms with Crippen molar-refractivity contribution in [3.05, 3.63) is 23.7 Å². The zero-order valence-electron chi connectivity index (χ0n) is 9.43. The maximum Gasteiger partial charge on any atom is 0.293 e. The zero-order chi connectivity index (χ0) is 11.5. The molecule has 16 heavy (non-hydrogen) atoms. The summed E-state index contributed by atoms with van der Waals surface area (Å²) in [5, 5.41) is 3.83. The van der Waals surface area contributed by atoms with Crippen molar-refractivity contribution in [3.8, 4) is 11.7 Å². The largest absolute Gasteiger partial charge is 0.456 e. The van der Waals surface area contributed by atoms with Crippen LogP contribution in [0.2, 0.25) is 0 Å². The molecule has 0 fully saturated rings. The van der Waals surface area contributed by atoms with Crippen LogP contribution in [0.15, 0.2) is 21.1 Å². The van der Waals surface area contributed by atoms with Gasteiger partial charge in [-0.3, -0.25) is 0 Å². The molecule has 0 aliphatic heterocycles. The van der Waals surface area contributed by atoms with E-state index < -0.39 is 0 Å². The number of hydrogen-bond donors (Lipinski definition) is 1. The number of nitrogens with two attached hydrogens (primary N) is 1. The maximum atomic E-state index is 5.80. The van der Waals surface area contributed by atoms with Gasteiger partial charge in [0.15, 0.2) is 11.6 Å². The summed E-state index contributed by atoms with van der Waals surface area (Å²) in [6.45, 7) is 4.00. The number of nitrogens with zero attached hydrogens (tertiary/aromatic N) is 2. The Hall–Kier alpha value is -1.62. The van der Waals surface area contributed by atoms with E-state index in [1.165, 1.54) is 0 Å². The lowest BCUT2D eigenvalue weighted by Gasteiger charge is -1.98. The van der Waals surface area contributed by atoms with Gasteiger partial charge >= 0.3 is 0 Å². The van der Waals surface area contributed by atoms with Crippen LogP contribution in [0.3, 0.4) is 0 Å². The molecule has 0 aliphatic carbocycles. The molecule has 2 N–H and O–H groups in total. The van der Waals surface area contributed by atoms with Gasteiger partial charge in [-0.1, -0.05) is 19.0 Å². The first-order valence-electron chi connectivity index (χ1n) is 5.42. The molecule has 1 unspecified atom stereocenters. The topological polar surface area (TPSA) is 78.1 Å². The normalized spacial score (nSPS) is 12.9. The second-order valence-corrected chi connectivity index (χ2v) is 3.59. The Balaban J connectivity index is 2.24. The molecule has 0 bridgehead atoms. The third-order valence-corrected chi connectivity index (χ3v) is 2.43. The van der Waals surface area contributed by atoms with Crippen LogP contribution in [0.4, 0.5) is 0 Å². The van der Waals surface area contributed by atoms with Gasteiger partial charge < -0.3 is 14.7 Å². The fourth-order valence-corrected chi connectivity index (χ4v) is 1.35. The molecule has 0 saturated carbocycles. The van der Waals surface area contributed by atoms with Gasteiger partial charge in [0.1, 0.15) is 5.76 Å². The fraction of sp³-hybridized carbons (Fsp3) is 0.455. The summed E-state index contributed by atoms with van der Waals surface area (Å²) in [5.74, 6) is 2.40. The van der Waals surface area contributed by atoms with Crippen molar-refractivity contribution in [3.63, 3.8) is 0 Å². The number of furan rings is 1. The van der Waals surface area contributed by atoms with E-state index in [-0.39, 0.29) is 6.04 Å². The van der Waals surface area contributed by atoms with Crippen LogP contribution in [-0.2, 0) is 6.42 Å². The lowest BCUT2D eigenvalue weighted by Crippen LogP contribution is -2.10. The minimum atomic E-state index is -0.182. The lowest BCUT2D eigenvalue weighted by molar-refractivity contribution is 0.400. The third-order valence-electron chi connectivity index (χ3n) is 2.43. The Morgan fingerprint density at radius 3 is 2.81 bits per heavy atom. The third kappa shape index (κ3) is 1.99. The molecule has 1 atom stereocenters. The smallest absolute Gasteiger partial charge is 0.293 e. The average molecular weight is 221 g/mol. The Labute approximate surface area is 93.6 Å². The standard InChI is InChI=1S/C11H15N3O2/c1-3-7-5-6-9(15-7)11-13-10(14-16-11)8(12)4-2/h5-6,8H,3-4,12H2,1-2H3. The van der Waals surface area contributed by atoms with Crippen molar-refractivity contribution in [1.29, 1.82) is 0 Å². The Morgan fingerprint density at radius 1 is 1.38 bits per heavy atom. The summed E-state index contributed by atoms with van der Waals surface area (Å²) in [5.41, 5.74) is 5.80. The summed E-state index contributed by atoms with van der Waals surface area (Å²) in [6, 6.07) is 3.55. The van der Waals surface area contributed by atoms with Crippen LogP contribution in [0.1, 0.15) is 37.9 Å². The number of aromatic nitrogens is 2. The highest BCUT2D eigenvalue weighted by molar-refractivity contribution is 5.44. The van der Waals surface area contributed by atoms with E-state index in [9.17, 15) is 0 Å². The predicted octanol–water partition coefficient (Wildman–Crippen LogP) is 2.30. The van der Waals surface area contributed by atoms with Crippen molar-refractivity contribution in [1.82, 2.24) is 10.1 Å². The van der Waals surface area contributed by atoms with Gasteiger partial charge in [-0.15, -0.1) is 0 Å². The molecule has 2 rings (SSSR count). The Morgan fingerprint density at radius 2 is 2.19 bits per heavy atom. The van der Waals surface area contributed by atoms with Crippen LogP contribution in [0.5, 0.6) is 0 Å². The van der Waals surface area contributed by atoms with E-state index in [0.29, 0.717) is 17.5 Å². The minimum Gasteiger partial charge on any atom is -0.456 e. The summed E-state index contributed by atoms with van der Waals surface area (Å²) >= 11 is 0. The first-order valence-corrected chi connectivity index (χ1v) is 5.42. The molecule has 5 nitrogen and oxygen atoms in total. The van der Waals surface area contributed by atoms with Gasteiger partial charge in [0, 0.05) is 6.42 Å². The molecule has 0 radical (unpaired) electrons. The monoisotopic (exact) mass is 221 g/mol. The maximum absolute atomic E-state index is 5.80. The van der Waals surface area contributed by atoms with Gasteiger partial charge in [-0.05, 0) is 18.6 Å². The van der Waals surface area contributed by atoms with Crippen LogP contribution in [0.25, 0.3) is 11.7 Å². The van der Waals surface area contributed by atoms with Crippen molar-refractivity contribution in [2.45, 2.75) is 32.7 Å². The van der Waals surface area contributed by atoms with Gasteiger partial charge in [0.2, 0.25) is 0 Å². The second-order valence-electron chi connectivity index (χ2n) is 3.59. The summed E-state index contributed by atoms with van der Waals surface area (Å²) in [4.78, 5) is 4.20. The second kappa shape index (κ2) is 4.49. The molecular weight excluding hydrogens is 206 g/mol. The molecule has 0 aliphatic rings. The van der Waals surface area contributed by atoms with E-state index in [2.05, 4.69) is 10.1 Å². The quantitative estimate of drug-likeness (QED) is 0.857. The summed E-state index contributed by atoms with van der Waals surface area (Å²) in [7, 11) is 0. The molecule has 0 amide bonds. The number of rotatable bonds is 4. The molecule has 86 valence electrons. The number of aryl methyl sites for hydroxylation is 1. The van der Waals surface area contributed by atoms with E-state index >= 15 is 0 Å². The highest BCUT2D eigenvalue weighted by Crippen LogP contribution is 2.22. The van der Waals surface area contributed by atoms with Crippen molar-refractivity contribution < 1.29 is 8.94 Å². The van der Waals surface area contributed by atoms with E-state index in [4.69, 9.17) is 14.7 Å². The van der Waals surface area contributed by atoms with Gasteiger partial charge in [0.25, 0.3) is 5.89 Å².